The molecule has 5 heteroatoms. The van der Waals surface area contributed by atoms with Crippen LogP contribution in [0, 0.1) is 13.8 Å². The molecule has 0 saturated heterocycles. The van der Waals surface area contributed by atoms with Crippen molar-refractivity contribution < 1.29 is 4.79 Å². The molecule has 0 fully saturated rings. The Kier molecular flexibility index (Phi) is 5.69. The zero-order chi connectivity index (χ0) is 16.1. The third-order valence-electron chi connectivity index (χ3n) is 3.29. The van der Waals surface area contributed by atoms with Crippen molar-refractivity contribution in [2.75, 3.05) is 17.2 Å². The molecule has 0 heterocycles. The average molecular weight is 337 g/mol. The van der Waals surface area contributed by atoms with Gasteiger partial charge in [0, 0.05) is 34.4 Å². The second kappa shape index (κ2) is 7.52. The van der Waals surface area contributed by atoms with Crippen LogP contribution in [0.5, 0.6) is 0 Å². The molecule has 116 valence electrons. The van der Waals surface area contributed by atoms with Crippen molar-refractivity contribution in [2.45, 2.75) is 20.3 Å². The molecule has 2 aromatic rings. The number of benzene rings is 2. The number of para-hydroxylation sites is 1. The SMILES string of the molecule is Cc1cccc(C)c1NC(=O)CCNc1cc(Cl)cc(Cl)c1. The van der Waals surface area contributed by atoms with Gasteiger partial charge >= 0.3 is 0 Å². The van der Waals surface area contributed by atoms with E-state index in [2.05, 4.69) is 10.6 Å². The summed E-state index contributed by atoms with van der Waals surface area (Å²) in [5, 5.41) is 7.23. The Balaban J connectivity index is 1.88. The van der Waals surface area contributed by atoms with Gasteiger partial charge in [-0.15, -0.1) is 0 Å². The Morgan fingerprint density at radius 1 is 1.05 bits per heavy atom. The molecule has 0 aliphatic rings. The van der Waals surface area contributed by atoms with Crippen molar-refractivity contribution in [2.24, 2.45) is 0 Å². The molecule has 0 aliphatic carbocycles. The fourth-order valence-corrected chi connectivity index (χ4v) is 2.72. The number of nitrogens with one attached hydrogen (secondary N) is 2. The molecule has 3 nitrogen and oxygen atoms in total. The highest BCUT2D eigenvalue weighted by Gasteiger charge is 2.07. The number of anilines is 2. The molecule has 0 unspecified atom stereocenters. The molecule has 0 aliphatic heterocycles. The van der Waals surface area contributed by atoms with E-state index in [9.17, 15) is 4.79 Å². The minimum Gasteiger partial charge on any atom is -0.384 e. The molecule has 2 rings (SSSR count). The molecule has 22 heavy (non-hydrogen) atoms. The van der Waals surface area contributed by atoms with Crippen LogP contribution in [0.25, 0.3) is 0 Å². The predicted molar refractivity (Wildman–Crippen MR) is 94.1 cm³/mol. The molecule has 0 bridgehead atoms. The molecule has 1 amide bonds. The first-order valence-electron chi connectivity index (χ1n) is 7.02. The average Bonchev–Trinajstić information content (AvgIpc) is 2.42. The maximum atomic E-state index is 12.0. The van der Waals surface area contributed by atoms with E-state index in [1.165, 1.54) is 0 Å². The Bertz CT molecular complexity index is 646. The first-order valence-corrected chi connectivity index (χ1v) is 7.77. The summed E-state index contributed by atoms with van der Waals surface area (Å²) < 4.78 is 0. The maximum absolute atomic E-state index is 12.0. The first kappa shape index (κ1) is 16.7. The van der Waals surface area contributed by atoms with Crippen LogP contribution in [0.3, 0.4) is 0 Å². The Hall–Kier alpha value is -1.71. The monoisotopic (exact) mass is 336 g/mol. The van der Waals surface area contributed by atoms with Crippen LogP contribution < -0.4 is 10.6 Å². The minimum absolute atomic E-state index is 0.0296. The van der Waals surface area contributed by atoms with Gasteiger partial charge in [0.1, 0.15) is 0 Å². The van der Waals surface area contributed by atoms with Gasteiger partial charge in [-0.1, -0.05) is 41.4 Å². The molecule has 0 spiro atoms. The lowest BCUT2D eigenvalue weighted by Crippen LogP contribution is -2.17. The van der Waals surface area contributed by atoms with Crippen molar-refractivity contribution in [3.05, 3.63) is 57.6 Å². The summed E-state index contributed by atoms with van der Waals surface area (Å²) in [4.78, 5) is 12.0. The van der Waals surface area contributed by atoms with Gasteiger partial charge in [0.25, 0.3) is 0 Å². The number of aryl methyl sites for hydroxylation is 2. The highest BCUT2D eigenvalue weighted by Crippen LogP contribution is 2.22. The third kappa shape index (κ3) is 4.65. The highest BCUT2D eigenvalue weighted by atomic mass is 35.5. The normalized spacial score (nSPS) is 10.4. The van der Waals surface area contributed by atoms with E-state index in [1.54, 1.807) is 18.2 Å². The van der Waals surface area contributed by atoms with E-state index in [0.717, 1.165) is 22.5 Å². The minimum atomic E-state index is -0.0296. The van der Waals surface area contributed by atoms with Gasteiger partial charge in [-0.2, -0.15) is 0 Å². The first-order chi connectivity index (χ1) is 10.5. The van der Waals surface area contributed by atoms with Gasteiger partial charge in [-0.05, 0) is 43.2 Å². The number of hydrogen-bond donors (Lipinski definition) is 2. The third-order valence-corrected chi connectivity index (χ3v) is 3.73. The quantitative estimate of drug-likeness (QED) is 0.801. The van der Waals surface area contributed by atoms with E-state index in [4.69, 9.17) is 23.2 Å². The van der Waals surface area contributed by atoms with E-state index in [-0.39, 0.29) is 5.91 Å². The van der Waals surface area contributed by atoms with Gasteiger partial charge in [-0.3, -0.25) is 4.79 Å². The number of carbonyl (C=O) groups is 1. The molecule has 0 aromatic heterocycles. The lowest BCUT2D eigenvalue weighted by Gasteiger charge is -2.12. The molecule has 0 atom stereocenters. The van der Waals surface area contributed by atoms with Gasteiger partial charge in [0.15, 0.2) is 0 Å². The Morgan fingerprint density at radius 2 is 1.64 bits per heavy atom. The lowest BCUT2D eigenvalue weighted by molar-refractivity contribution is -0.115. The second-order valence-corrected chi connectivity index (χ2v) is 6.02. The largest absolute Gasteiger partial charge is 0.384 e. The van der Waals surface area contributed by atoms with E-state index in [0.29, 0.717) is 23.0 Å². The van der Waals surface area contributed by atoms with Crippen molar-refractivity contribution >= 4 is 40.5 Å². The summed E-state index contributed by atoms with van der Waals surface area (Å²) >= 11 is 11.9. The second-order valence-electron chi connectivity index (χ2n) is 5.15. The number of carbonyl (C=O) groups excluding carboxylic acids is 1. The molecular formula is C17H18Cl2N2O. The summed E-state index contributed by atoms with van der Waals surface area (Å²) in [5.74, 6) is -0.0296. The number of halogens is 2. The van der Waals surface area contributed by atoms with Crippen molar-refractivity contribution in [3.63, 3.8) is 0 Å². The molecule has 2 aromatic carbocycles. The Labute approximate surface area is 140 Å². The van der Waals surface area contributed by atoms with Crippen LogP contribution in [0.4, 0.5) is 11.4 Å². The van der Waals surface area contributed by atoms with Gasteiger partial charge in [0.2, 0.25) is 5.91 Å². The van der Waals surface area contributed by atoms with Crippen LogP contribution in [0.2, 0.25) is 10.0 Å². The molecular weight excluding hydrogens is 319 g/mol. The fourth-order valence-electron chi connectivity index (χ4n) is 2.19. The summed E-state index contributed by atoms with van der Waals surface area (Å²) in [6, 6.07) is 11.2. The zero-order valence-corrected chi connectivity index (χ0v) is 14.1. The lowest BCUT2D eigenvalue weighted by atomic mass is 10.1. The van der Waals surface area contributed by atoms with Crippen molar-refractivity contribution in [1.29, 1.82) is 0 Å². The summed E-state index contributed by atoms with van der Waals surface area (Å²) in [6.45, 7) is 4.47. The standard InChI is InChI=1S/C17H18Cl2N2O/c1-11-4-3-5-12(2)17(11)21-16(22)6-7-20-15-9-13(18)8-14(19)10-15/h3-5,8-10,20H,6-7H2,1-2H3,(H,21,22). The molecule has 2 N–H and O–H groups in total. The number of amides is 1. The zero-order valence-electron chi connectivity index (χ0n) is 12.5. The van der Waals surface area contributed by atoms with Crippen molar-refractivity contribution in [3.8, 4) is 0 Å². The van der Waals surface area contributed by atoms with Gasteiger partial charge < -0.3 is 10.6 Å². The van der Waals surface area contributed by atoms with Crippen LogP contribution in [-0.2, 0) is 4.79 Å². The summed E-state index contributed by atoms with van der Waals surface area (Å²) in [5.41, 5.74) is 3.81. The fraction of sp³-hybridized carbons (Fsp3) is 0.235. The van der Waals surface area contributed by atoms with Crippen LogP contribution >= 0.6 is 23.2 Å². The van der Waals surface area contributed by atoms with E-state index < -0.39 is 0 Å². The number of rotatable bonds is 5. The van der Waals surface area contributed by atoms with Crippen LogP contribution in [-0.4, -0.2) is 12.5 Å². The number of hydrogen-bond acceptors (Lipinski definition) is 2. The molecule has 0 saturated carbocycles. The van der Waals surface area contributed by atoms with E-state index in [1.807, 2.05) is 32.0 Å². The topological polar surface area (TPSA) is 41.1 Å². The molecule has 0 radical (unpaired) electrons. The maximum Gasteiger partial charge on any atom is 0.226 e. The van der Waals surface area contributed by atoms with Crippen molar-refractivity contribution in [1.82, 2.24) is 0 Å². The van der Waals surface area contributed by atoms with Crippen LogP contribution in [0.15, 0.2) is 36.4 Å². The summed E-state index contributed by atoms with van der Waals surface area (Å²) in [6.07, 6.45) is 0.359. The summed E-state index contributed by atoms with van der Waals surface area (Å²) in [7, 11) is 0. The van der Waals surface area contributed by atoms with Gasteiger partial charge in [-0.25, -0.2) is 0 Å². The van der Waals surface area contributed by atoms with Gasteiger partial charge in [0.05, 0.1) is 0 Å². The predicted octanol–water partition coefficient (Wildman–Crippen LogP) is 5.05. The highest BCUT2D eigenvalue weighted by molar-refractivity contribution is 6.35. The van der Waals surface area contributed by atoms with E-state index >= 15 is 0 Å². The Morgan fingerprint density at radius 3 is 2.23 bits per heavy atom. The smallest absolute Gasteiger partial charge is 0.226 e. The van der Waals surface area contributed by atoms with Crippen LogP contribution in [0.1, 0.15) is 17.5 Å².